The molecule has 1 amide bonds. The standard InChI is InChI=1S/C21H27N3O3S/c1-2-12-27-16-10-8-14(9-11-16)19-18-20(22-17(25)13-28-19)24(23-21(18)26)15-6-4-3-5-7-15/h8-11,15,19H,2-7,12-13H2,1H3,(H,22,25)(H,23,26)/t19-/m1/s1. The first kappa shape index (κ1) is 19.2. The van der Waals surface area contributed by atoms with Crippen LogP contribution in [0.4, 0.5) is 5.82 Å². The Morgan fingerprint density at radius 3 is 2.61 bits per heavy atom. The number of rotatable bonds is 5. The zero-order valence-corrected chi connectivity index (χ0v) is 17.0. The second kappa shape index (κ2) is 8.47. The molecule has 2 heterocycles. The van der Waals surface area contributed by atoms with E-state index in [1.807, 2.05) is 28.9 Å². The van der Waals surface area contributed by atoms with Gasteiger partial charge in [-0.1, -0.05) is 38.3 Å². The molecule has 1 aromatic heterocycles. The van der Waals surface area contributed by atoms with Crippen molar-refractivity contribution in [2.75, 3.05) is 17.7 Å². The summed E-state index contributed by atoms with van der Waals surface area (Å²) in [4.78, 5) is 25.3. The highest BCUT2D eigenvalue weighted by molar-refractivity contribution is 8.00. The highest BCUT2D eigenvalue weighted by Gasteiger charge is 2.32. The fourth-order valence-corrected chi connectivity index (χ4v) is 5.20. The van der Waals surface area contributed by atoms with Crippen molar-refractivity contribution < 1.29 is 9.53 Å². The number of thioether (sulfide) groups is 1. The van der Waals surface area contributed by atoms with Gasteiger partial charge in [0.1, 0.15) is 11.6 Å². The van der Waals surface area contributed by atoms with Gasteiger partial charge < -0.3 is 10.1 Å². The minimum absolute atomic E-state index is 0.0554. The highest BCUT2D eigenvalue weighted by Crippen LogP contribution is 2.42. The normalized spacial score (nSPS) is 20.3. The number of H-pyrrole nitrogens is 1. The summed E-state index contributed by atoms with van der Waals surface area (Å²) >= 11 is 1.50. The summed E-state index contributed by atoms with van der Waals surface area (Å²) in [6, 6.07) is 8.13. The Morgan fingerprint density at radius 1 is 1.14 bits per heavy atom. The fraction of sp³-hybridized carbons (Fsp3) is 0.524. The number of hydrogen-bond donors (Lipinski definition) is 2. The van der Waals surface area contributed by atoms with E-state index < -0.39 is 0 Å². The molecule has 6 nitrogen and oxygen atoms in total. The number of carbonyl (C=O) groups is 1. The average molecular weight is 402 g/mol. The van der Waals surface area contributed by atoms with Gasteiger partial charge in [0.2, 0.25) is 5.91 Å². The van der Waals surface area contributed by atoms with Gasteiger partial charge in [-0.3, -0.25) is 19.4 Å². The van der Waals surface area contributed by atoms with Gasteiger partial charge in [0.05, 0.1) is 29.2 Å². The third-order valence-corrected chi connectivity index (χ3v) is 6.73. The first-order valence-corrected chi connectivity index (χ1v) is 11.2. The van der Waals surface area contributed by atoms with Crippen LogP contribution in [0.15, 0.2) is 29.1 Å². The lowest BCUT2D eigenvalue weighted by Crippen LogP contribution is -2.21. The molecule has 0 saturated heterocycles. The molecule has 0 bridgehead atoms. The van der Waals surface area contributed by atoms with E-state index in [9.17, 15) is 9.59 Å². The van der Waals surface area contributed by atoms with Crippen LogP contribution >= 0.6 is 11.8 Å². The number of fused-ring (bicyclic) bond motifs is 1. The first-order valence-electron chi connectivity index (χ1n) is 10.2. The van der Waals surface area contributed by atoms with E-state index in [0.29, 0.717) is 23.7 Å². The van der Waals surface area contributed by atoms with Crippen LogP contribution in [-0.4, -0.2) is 28.0 Å². The molecule has 0 spiro atoms. The van der Waals surface area contributed by atoms with Crippen LogP contribution in [0.25, 0.3) is 0 Å². The molecule has 1 saturated carbocycles. The zero-order valence-electron chi connectivity index (χ0n) is 16.2. The Labute approximate surface area is 169 Å². The second-order valence-electron chi connectivity index (χ2n) is 7.52. The number of carbonyl (C=O) groups excluding carboxylic acids is 1. The molecule has 28 heavy (non-hydrogen) atoms. The van der Waals surface area contributed by atoms with E-state index in [0.717, 1.165) is 43.4 Å². The van der Waals surface area contributed by atoms with Gasteiger partial charge in [-0.2, -0.15) is 0 Å². The van der Waals surface area contributed by atoms with Crippen LogP contribution in [0, 0.1) is 0 Å². The van der Waals surface area contributed by atoms with Crippen molar-refractivity contribution >= 4 is 23.5 Å². The van der Waals surface area contributed by atoms with Gasteiger partial charge in [-0.05, 0) is 37.0 Å². The maximum Gasteiger partial charge on any atom is 0.270 e. The van der Waals surface area contributed by atoms with E-state index >= 15 is 0 Å². The third kappa shape index (κ3) is 3.85. The largest absolute Gasteiger partial charge is 0.494 e. The maximum atomic E-state index is 12.9. The van der Waals surface area contributed by atoms with Crippen molar-refractivity contribution in [3.8, 4) is 5.75 Å². The molecule has 1 aliphatic carbocycles. The van der Waals surface area contributed by atoms with Gasteiger partial charge in [-0.25, -0.2) is 0 Å². The number of nitrogens with one attached hydrogen (secondary N) is 2. The quantitative estimate of drug-likeness (QED) is 0.785. The van der Waals surface area contributed by atoms with Crippen LogP contribution in [-0.2, 0) is 4.79 Å². The van der Waals surface area contributed by atoms with E-state index in [2.05, 4.69) is 17.3 Å². The van der Waals surface area contributed by atoms with Crippen molar-refractivity contribution in [3.05, 3.63) is 45.7 Å². The number of hydrogen-bond acceptors (Lipinski definition) is 4. The number of benzene rings is 1. The summed E-state index contributed by atoms with van der Waals surface area (Å²) in [6.45, 7) is 2.76. The molecule has 0 unspecified atom stereocenters. The Balaban J connectivity index is 1.70. The minimum atomic E-state index is -0.178. The average Bonchev–Trinajstić information content (AvgIpc) is 2.93. The lowest BCUT2D eigenvalue weighted by Gasteiger charge is -2.24. The number of ether oxygens (including phenoxy) is 1. The molecule has 1 aromatic carbocycles. The van der Waals surface area contributed by atoms with Gasteiger partial charge in [-0.15, -0.1) is 11.8 Å². The van der Waals surface area contributed by atoms with Crippen LogP contribution < -0.4 is 15.6 Å². The van der Waals surface area contributed by atoms with E-state index in [-0.39, 0.29) is 22.8 Å². The van der Waals surface area contributed by atoms with Crippen molar-refractivity contribution in [3.63, 3.8) is 0 Å². The van der Waals surface area contributed by atoms with Crippen LogP contribution in [0.3, 0.4) is 0 Å². The molecule has 2 aromatic rings. The van der Waals surface area contributed by atoms with Crippen molar-refractivity contribution in [2.45, 2.75) is 56.7 Å². The Bertz CT molecular complexity index is 881. The van der Waals surface area contributed by atoms with Crippen LogP contribution in [0.1, 0.15) is 67.9 Å². The number of amides is 1. The first-order chi connectivity index (χ1) is 13.7. The molecule has 150 valence electrons. The maximum absolute atomic E-state index is 12.9. The smallest absolute Gasteiger partial charge is 0.270 e. The minimum Gasteiger partial charge on any atom is -0.494 e. The Kier molecular flexibility index (Phi) is 5.80. The van der Waals surface area contributed by atoms with Crippen LogP contribution in [0.2, 0.25) is 0 Å². The summed E-state index contributed by atoms with van der Waals surface area (Å²) in [7, 11) is 0. The number of aromatic nitrogens is 2. The predicted molar refractivity (Wildman–Crippen MR) is 112 cm³/mol. The molecule has 2 aliphatic rings. The molecule has 2 N–H and O–H groups in total. The molecular weight excluding hydrogens is 374 g/mol. The lowest BCUT2D eigenvalue weighted by atomic mass is 9.95. The number of anilines is 1. The monoisotopic (exact) mass is 401 g/mol. The molecule has 1 fully saturated rings. The fourth-order valence-electron chi connectivity index (χ4n) is 4.08. The Morgan fingerprint density at radius 2 is 1.89 bits per heavy atom. The van der Waals surface area contributed by atoms with E-state index in [1.54, 1.807) is 0 Å². The topological polar surface area (TPSA) is 76.1 Å². The van der Waals surface area contributed by atoms with Gasteiger partial charge in [0.15, 0.2) is 0 Å². The molecule has 0 radical (unpaired) electrons. The third-order valence-electron chi connectivity index (χ3n) is 5.46. The van der Waals surface area contributed by atoms with E-state index in [1.165, 1.54) is 18.2 Å². The summed E-state index contributed by atoms with van der Waals surface area (Å²) in [5.74, 6) is 1.76. The Hall–Kier alpha value is -2.15. The second-order valence-corrected chi connectivity index (χ2v) is 8.62. The van der Waals surface area contributed by atoms with Gasteiger partial charge >= 0.3 is 0 Å². The van der Waals surface area contributed by atoms with Crippen molar-refractivity contribution in [1.82, 2.24) is 9.78 Å². The summed E-state index contributed by atoms with van der Waals surface area (Å²) in [6.07, 6.45) is 6.58. The SMILES string of the molecule is CCCOc1ccc([C@H]2SCC(=O)Nc3c2c(=O)[nH]n3C2CCCCC2)cc1. The van der Waals surface area contributed by atoms with Crippen molar-refractivity contribution in [2.24, 2.45) is 0 Å². The highest BCUT2D eigenvalue weighted by atomic mass is 32.2. The molecule has 7 heteroatoms. The molecular formula is C21H27N3O3S. The van der Waals surface area contributed by atoms with Gasteiger partial charge in [0, 0.05) is 0 Å². The van der Waals surface area contributed by atoms with Gasteiger partial charge in [0.25, 0.3) is 5.56 Å². The molecule has 1 atom stereocenters. The van der Waals surface area contributed by atoms with Crippen molar-refractivity contribution in [1.29, 1.82) is 0 Å². The number of nitrogens with zero attached hydrogens (tertiary/aromatic N) is 1. The lowest BCUT2D eigenvalue weighted by molar-refractivity contribution is -0.113. The summed E-state index contributed by atoms with van der Waals surface area (Å²) < 4.78 is 7.59. The zero-order chi connectivity index (χ0) is 19.5. The van der Waals surface area contributed by atoms with E-state index in [4.69, 9.17) is 4.74 Å². The molecule has 4 rings (SSSR count). The van der Waals surface area contributed by atoms with Crippen LogP contribution in [0.5, 0.6) is 5.75 Å². The summed E-state index contributed by atoms with van der Waals surface area (Å²) in [5, 5.41) is 5.84. The predicted octanol–water partition coefficient (Wildman–Crippen LogP) is 4.25. The number of aromatic amines is 1. The molecule has 1 aliphatic heterocycles. The summed E-state index contributed by atoms with van der Waals surface area (Å²) in [5.41, 5.74) is 1.56.